The summed E-state index contributed by atoms with van der Waals surface area (Å²) in [6.45, 7) is 9.00. The highest BCUT2D eigenvalue weighted by molar-refractivity contribution is 7.99. The SMILES string of the molecule is CC(=O)Nc1ccc(OCCOC(=O)C2=C(C)NC(C)=C(C(=O)OCCSC(C)C)C2c2cccc([N+](=O)[O-])c2)cc1. The van der Waals surface area contributed by atoms with Crippen molar-refractivity contribution in [3.05, 3.63) is 86.7 Å². The second kappa shape index (κ2) is 15.1. The third-order valence-electron chi connectivity index (χ3n) is 6.14. The first-order chi connectivity index (χ1) is 20.0. The topological polar surface area (TPSA) is 146 Å². The van der Waals surface area contributed by atoms with Crippen LogP contribution in [0.2, 0.25) is 0 Å². The fraction of sp³-hybridized carbons (Fsp3) is 0.367. The Hall–Kier alpha value is -4.32. The van der Waals surface area contributed by atoms with Gasteiger partial charge in [0.15, 0.2) is 0 Å². The lowest BCUT2D eigenvalue weighted by atomic mass is 9.80. The number of allylic oxidation sites excluding steroid dienone is 2. The van der Waals surface area contributed by atoms with Gasteiger partial charge in [-0.15, -0.1) is 0 Å². The lowest BCUT2D eigenvalue weighted by molar-refractivity contribution is -0.384. The molecule has 0 saturated heterocycles. The van der Waals surface area contributed by atoms with Crippen molar-refractivity contribution in [2.75, 3.05) is 30.9 Å². The van der Waals surface area contributed by atoms with Gasteiger partial charge in [-0.3, -0.25) is 14.9 Å². The minimum Gasteiger partial charge on any atom is -0.490 e. The van der Waals surface area contributed by atoms with Crippen molar-refractivity contribution < 1.29 is 33.5 Å². The number of rotatable bonds is 13. The van der Waals surface area contributed by atoms with E-state index in [0.29, 0.717) is 39.4 Å². The van der Waals surface area contributed by atoms with Gasteiger partial charge in [-0.05, 0) is 48.9 Å². The van der Waals surface area contributed by atoms with Gasteiger partial charge in [0, 0.05) is 41.9 Å². The number of hydrogen-bond acceptors (Lipinski definition) is 10. The Balaban J connectivity index is 1.79. The Morgan fingerprint density at radius 2 is 1.60 bits per heavy atom. The second-order valence-electron chi connectivity index (χ2n) is 9.73. The molecule has 42 heavy (non-hydrogen) atoms. The molecular formula is C30H35N3O8S. The zero-order valence-corrected chi connectivity index (χ0v) is 25.0. The summed E-state index contributed by atoms with van der Waals surface area (Å²) < 4.78 is 16.7. The summed E-state index contributed by atoms with van der Waals surface area (Å²) in [5.74, 6) is -1.34. The van der Waals surface area contributed by atoms with E-state index in [1.807, 2.05) is 13.8 Å². The van der Waals surface area contributed by atoms with Gasteiger partial charge in [-0.1, -0.05) is 26.0 Å². The highest BCUT2D eigenvalue weighted by Crippen LogP contribution is 2.40. The Bertz CT molecular complexity index is 1390. The molecule has 3 rings (SSSR count). The lowest BCUT2D eigenvalue weighted by Gasteiger charge is -2.30. The number of nitrogens with one attached hydrogen (secondary N) is 2. The zero-order chi connectivity index (χ0) is 30.8. The number of amides is 1. The molecule has 2 aromatic carbocycles. The Kier molecular flexibility index (Phi) is 11.5. The smallest absolute Gasteiger partial charge is 0.336 e. The molecular weight excluding hydrogens is 562 g/mol. The number of nitrogens with zero attached hydrogens (tertiary/aromatic N) is 1. The molecule has 0 bridgehead atoms. The van der Waals surface area contributed by atoms with E-state index in [9.17, 15) is 24.5 Å². The van der Waals surface area contributed by atoms with Gasteiger partial charge >= 0.3 is 11.9 Å². The molecule has 0 fully saturated rings. The number of ether oxygens (including phenoxy) is 3. The molecule has 0 aromatic heterocycles. The van der Waals surface area contributed by atoms with Gasteiger partial charge in [0.05, 0.1) is 22.0 Å². The standard InChI is InChI=1S/C30H35N3O8S/c1-18(2)42-16-15-41-30(36)27-20(4)31-19(3)26(28(27)22-7-6-8-24(17-22)33(37)38)29(35)40-14-13-39-25-11-9-23(10-12-25)32-21(5)34/h6-12,17-18,28,31H,13-16H2,1-5H3,(H,32,34). The summed E-state index contributed by atoms with van der Waals surface area (Å²) in [7, 11) is 0. The number of non-ortho nitro benzene ring substituents is 1. The molecule has 1 heterocycles. The van der Waals surface area contributed by atoms with Crippen LogP contribution in [0.3, 0.4) is 0 Å². The zero-order valence-electron chi connectivity index (χ0n) is 24.2. The van der Waals surface area contributed by atoms with Crippen LogP contribution in [-0.2, 0) is 23.9 Å². The van der Waals surface area contributed by atoms with Gasteiger partial charge in [0.2, 0.25) is 5.91 Å². The van der Waals surface area contributed by atoms with Crippen LogP contribution in [0.15, 0.2) is 71.1 Å². The van der Waals surface area contributed by atoms with E-state index in [1.54, 1.807) is 55.9 Å². The van der Waals surface area contributed by atoms with Crippen molar-refractivity contribution in [2.45, 2.75) is 45.8 Å². The first kappa shape index (κ1) is 32.2. The van der Waals surface area contributed by atoms with Crippen molar-refractivity contribution in [3.8, 4) is 5.75 Å². The molecule has 1 aliphatic heterocycles. The Labute approximate surface area is 248 Å². The molecule has 1 unspecified atom stereocenters. The predicted molar refractivity (Wildman–Crippen MR) is 160 cm³/mol. The number of nitro groups is 1. The summed E-state index contributed by atoms with van der Waals surface area (Å²) in [6, 6.07) is 12.6. The van der Waals surface area contributed by atoms with Crippen LogP contribution in [0.5, 0.6) is 5.75 Å². The summed E-state index contributed by atoms with van der Waals surface area (Å²) in [6.07, 6.45) is 0. The minimum atomic E-state index is -0.953. The molecule has 1 amide bonds. The van der Waals surface area contributed by atoms with Crippen molar-refractivity contribution in [1.29, 1.82) is 0 Å². The normalized spacial score (nSPS) is 14.8. The van der Waals surface area contributed by atoms with Crippen LogP contribution in [0, 0.1) is 10.1 Å². The molecule has 2 N–H and O–H groups in total. The number of anilines is 1. The molecule has 0 saturated carbocycles. The largest absolute Gasteiger partial charge is 0.490 e. The highest BCUT2D eigenvalue weighted by atomic mass is 32.2. The number of carbonyl (C=O) groups is 3. The van der Waals surface area contributed by atoms with Crippen LogP contribution < -0.4 is 15.4 Å². The number of hydrogen-bond donors (Lipinski definition) is 2. The van der Waals surface area contributed by atoms with Crippen molar-refractivity contribution >= 4 is 41.0 Å². The van der Waals surface area contributed by atoms with Crippen LogP contribution in [0.25, 0.3) is 0 Å². The molecule has 12 heteroatoms. The van der Waals surface area contributed by atoms with Gasteiger partial charge in [0.25, 0.3) is 5.69 Å². The first-order valence-electron chi connectivity index (χ1n) is 13.4. The fourth-order valence-electron chi connectivity index (χ4n) is 4.39. The molecule has 0 spiro atoms. The quantitative estimate of drug-likeness (QED) is 0.138. The molecule has 2 aromatic rings. The maximum absolute atomic E-state index is 13.5. The van der Waals surface area contributed by atoms with E-state index in [2.05, 4.69) is 10.6 Å². The second-order valence-corrected chi connectivity index (χ2v) is 11.4. The molecule has 1 atom stereocenters. The average molecular weight is 598 g/mol. The Morgan fingerprint density at radius 3 is 2.17 bits per heavy atom. The van der Waals surface area contributed by atoms with E-state index in [1.165, 1.54) is 25.1 Å². The first-order valence-corrected chi connectivity index (χ1v) is 14.4. The van der Waals surface area contributed by atoms with E-state index < -0.39 is 22.8 Å². The number of dihydropyridines is 1. The van der Waals surface area contributed by atoms with Crippen LogP contribution in [-0.4, -0.2) is 53.6 Å². The highest BCUT2D eigenvalue weighted by Gasteiger charge is 2.38. The van der Waals surface area contributed by atoms with Crippen LogP contribution in [0.1, 0.15) is 46.1 Å². The molecule has 224 valence electrons. The number of benzene rings is 2. The maximum Gasteiger partial charge on any atom is 0.336 e. The summed E-state index contributed by atoms with van der Waals surface area (Å²) >= 11 is 1.65. The van der Waals surface area contributed by atoms with Crippen LogP contribution in [0.4, 0.5) is 11.4 Å². The lowest BCUT2D eigenvalue weighted by Crippen LogP contribution is -2.33. The fourth-order valence-corrected chi connectivity index (χ4v) is 5.04. The molecule has 11 nitrogen and oxygen atoms in total. The van der Waals surface area contributed by atoms with E-state index >= 15 is 0 Å². The van der Waals surface area contributed by atoms with Gasteiger partial charge in [-0.2, -0.15) is 11.8 Å². The number of carbonyl (C=O) groups excluding carboxylic acids is 3. The maximum atomic E-state index is 13.5. The van der Waals surface area contributed by atoms with Gasteiger partial charge in [0.1, 0.15) is 25.6 Å². The molecule has 0 radical (unpaired) electrons. The number of esters is 2. The van der Waals surface area contributed by atoms with Gasteiger partial charge < -0.3 is 24.8 Å². The Morgan fingerprint density at radius 1 is 0.976 bits per heavy atom. The average Bonchev–Trinajstić information content (AvgIpc) is 2.93. The number of nitro benzene ring substituents is 1. The predicted octanol–water partition coefficient (Wildman–Crippen LogP) is 5.10. The van der Waals surface area contributed by atoms with E-state index in [0.717, 1.165) is 0 Å². The van der Waals surface area contributed by atoms with Crippen molar-refractivity contribution in [3.63, 3.8) is 0 Å². The van der Waals surface area contributed by atoms with Crippen molar-refractivity contribution in [2.24, 2.45) is 0 Å². The van der Waals surface area contributed by atoms with Gasteiger partial charge in [-0.25, -0.2) is 9.59 Å². The third-order valence-corrected chi connectivity index (χ3v) is 7.21. The number of thioether (sulfide) groups is 1. The minimum absolute atomic E-state index is 0.0454. The van der Waals surface area contributed by atoms with E-state index in [4.69, 9.17) is 14.2 Å². The molecule has 0 aliphatic carbocycles. The summed E-state index contributed by atoms with van der Waals surface area (Å²) in [5.41, 5.74) is 2.09. The monoisotopic (exact) mass is 597 g/mol. The van der Waals surface area contributed by atoms with E-state index in [-0.39, 0.29) is 42.6 Å². The molecule has 1 aliphatic rings. The third kappa shape index (κ3) is 8.84. The summed E-state index contributed by atoms with van der Waals surface area (Å²) in [5, 5.41) is 17.7. The van der Waals surface area contributed by atoms with Crippen molar-refractivity contribution in [1.82, 2.24) is 5.32 Å². The summed E-state index contributed by atoms with van der Waals surface area (Å²) in [4.78, 5) is 49.0. The van der Waals surface area contributed by atoms with Crippen LogP contribution >= 0.6 is 11.8 Å².